The van der Waals surface area contributed by atoms with E-state index >= 15 is 0 Å². The first-order chi connectivity index (χ1) is 17.7. The third kappa shape index (κ3) is 5.47. The van der Waals surface area contributed by atoms with Crippen LogP contribution >= 0.6 is 11.3 Å². The third-order valence-electron chi connectivity index (χ3n) is 5.96. The molecule has 0 bridgehead atoms. The lowest BCUT2D eigenvalue weighted by atomic mass is 10.0. The fourth-order valence-electron chi connectivity index (χ4n) is 4.17. The molecule has 0 saturated heterocycles. The molecular weight excluding hydrogens is 468 g/mol. The lowest BCUT2D eigenvalue weighted by Gasteiger charge is -2.20. The van der Waals surface area contributed by atoms with Crippen molar-refractivity contribution in [1.29, 1.82) is 0 Å². The summed E-state index contributed by atoms with van der Waals surface area (Å²) >= 11 is 1.52. The number of para-hydroxylation sites is 1. The zero-order valence-corrected chi connectivity index (χ0v) is 21.0. The molecule has 0 aliphatic heterocycles. The van der Waals surface area contributed by atoms with Crippen LogP contribution in [0.5, 0.6) is 5.75 Å². The van der Waals surface area contributed by atoms with Crippen molar-refractivity contribution in [2.24, 2.45) is 0 Å². The topological polar surface area (TPSA) is 60.2 Å². The number of imidazole rings is 1. The number of carbonyl (C=O) groups is 1. The van der Waals surface area contributed by atoms with Crippen LogP contribution < -0.4 is 9.64 Å². The Kier molecular flexibility index (Phi) is 7.38. The van der Waals surface area contributed by atoms with Gasteiger partial charge in [-0.1, -0.05) is 59.9 Å². The number of benzene rings is 3. The number of aryl methyl sites for hydroxylation is 1. The maximum atomic E-state index is 13.7. The Labute approximate surface area is 214 Å². The number of ether oxygens (including phenoxy) is 1. The van der Waals surface area contributed by atoms with E-state index in [0.717, 1.165) is 35.4 Å². The highest BCUT2D eigenvalue weighted by Gasteiger charge is 2.22. The summed E-state index contributed by atoms with van der Waals surface area (Å²) in [7, 11) is 0. The summed E-state index contributed by atoms with van der Waals surface area (Å²) in [5, 5.41) is 0.682. The third-order valence-corrected chi connectivity index (χ3v) is 7.00. The average Bonchev–Trinajstić information content (AvgIpc) is 3.58. The van der Waals surface area contributed by atoms with Crippen molar-refractivity contribution in [2.45, 2.75) is 26.3 Å². The predicted molar refractivity (Wildman–Crippen MR) is 145 cm³/mol. The van der Waals surface area contributed by atoms with Crippen molar-refractivity contribution in [3.63, 3.8) is 0 Å². The van der Waals surface area contributed by atoms with Crippen molar-refractivity contribution >= 4 is 32.6 Å². The molecule has 5 rings (SSSR count). The van der Waals surface area contributed by atoms with Gasteiger partial charge >= 0.3 is 0 Å². The molecule has 5 aromatic rings. The van der Waals surface area contributed by atoms with Crippen molar-refractivity contribution in [2.75, 3.05) is 18.1 Å². The molecule has 0 N–H and O–H groups in total. The summed E-state index contributed by atoms with van der Waals surface area (Å²) in [5.41, 5.74) is 3.87. The smallest absolute Gasteiger partial charge is 0.260 e. The molecule has 0 aliphatic carbocycles. The quantitative estimate of drug-likeness (QED) is 0.230. The van der Waals surface area contributed by atoms with E-state index in [1.165, 1.54) is 22.5 Å². The summed E-state index contributed by atoms with van der Waals surface area (Å²) in [6.45, 7) is 3.84. The standard InChI is InChI=1S/C29H28N4O2S/c1-2-35-25-10-6-11-26-27(25)31-29(36-26)33(18-7-17-32-19-16-30-21-32)28(34)24-14-12-23(13-15-24)20-22-8-4-3-5-9-22/h3-6,8-16,19,21H,2,7,17-18,20H2,1H3. The molecule has 0 radical (unpaired) electrons. The zero-order valence-electron chi connectivity index (χ0n) is 20.2. The van der Waals surface area contributed by atoms with Gasteiger partial charge in [-0.3, -0.25) is 9.69 Å². The maximum absolute atomic E-state index is 13.7. The Hall–Kier alpha value is -3.97. The zero-order chi connectivity index (χ0) is 24.7. The Morgan fingerprint density at radius 2 is 1.81 bits per heavy atom. The molecule has 0 aliphatic rings. The van der Waals surface area contributed by atoms with E-state index < -0.39 is 0 Å². The molecular formula is C29H28N4O2S. The number of carbonyl (C=O) groups excluding carboxylic acids is 1. The summed E-state index contributed by atoms with van der Waals surface area (Å²) in [6.07, 6.45) is 7.11. The second-order valence-electron chi connectivity index (χ2n) is 8.50. The number of aromatic nitrogens is 3. The molecule has 0 spiro atoms. The Morgan fingerprint density at radius 3 is 2.56 bits per heavy atom. The van der Waals surface area contributed by atoms with E-state index in [-0.39, 0.29) is 5.91 Å². The molecule has 182 valence electrons. The van der Waals surface area contributed by atoms with Crippen LogP contribution in [-0.4, -0.2) is 33.6 Å². The number of rotatable bonds is 10. The first-order valence-corrected chi connectivity index (χ1v) is 13.0. The summed E-state index contributed by atoms with van der Waals surface area (Å²) in [5.74, 6) is 0.692. The molecule has 2 heterocycles. The van der Waals surface area contributed by atoms with Crippen LogP contribution in [0.15, 0.2) is 91.5 Å². The number of hydrogen-bond acceptors (Lipinski definition) is 5. The molecule has 0 saturated carbocycles. The van der Waals surface area contributed by atoms with E-state index in [0.29, 0.717) is 23.8 Å². The molecule has 6 nitrogen and oxygen atoms in total. The van der Waals surface area contributed by atoms with Crippen LogP contribution in [0, 0.1) is 0 Å². The summed E-state index contributed by atoms with van der Waals surface area (Å²) in [4.78, 5) is 24.5. The summed E-state index contributed by atoms with van der Waals surface area (Å²) in [6, 6.07) is 24.2. The van der Waals surface area contributed by atoms with Crippen LogP contribution in [0.2, 0.25) is 0 Å². The number of anilines is 1. The van der Waals surface area contributed by atoms with Gasteiger partial charge in [0.2, 0.25) is 0 Å². The van der Waals surface area contributed by atoms with Gasteiger partial charge < -0.3 is 9.30 Å². The Bertz CT molecular complexity index is 1410. The van der Waals surface area contributed by atoms with Gasteiger partial charge in [0.15, 0.2) is 5.13 Å². The van der Waals surface area contributed by atoms with E-state index in [4.69, 9.17) is 9.72 Å². The molecule has 7 heteroatoms. The highest BCUT2D eigenvalue weighted by atomic mass is 32.1. The maximum Gasteiger partial charge on any atom is 0.260 e. The van der Waals surface area contributed by atoms with Crippen molar-refractivity contribution < 1.29 is 9.53 Å². The molecule has 1 amide bonds. The summed E-state index contributed by atoms with van der Waals surface area (Å²) < 4.78 is 8.80. The fraction of sp³-hybridized carbons (Fsp3) is 0.207. The molecule has 0 atom stereocenters. The number of fused-ring (bicyclic) bond motifs is 1. The minimum absolute atomic E-state index is 0.0519. The lowest BCUT2D eigenvalue weighted by Crippen LogP contribution is -2.32. The van der Waals surface area contributed by atoms with E-state index in [9.17, 15) is 4.79 Å². The van der Waals surface area contributed by atoms with Gasteiger partial charge in [0.05, 0.1) is 17.6 Å². The van der Waals surface area contributed by atoms with Crippen LogP contribution in [-0.2, 0) is 13.0 Å². The van der Waals surface area contributed by atoms with Gasteiger partial charge in [-0.25, -0.2) is 9.97 Å². The van der Waals surface area contributed by atoms with Crippen molar-refractivity contribution in [3.05, 3.63) is 108 Å². The van der Waals surface area contributed by atoms with Gasteiger partial charge in [-0.2, -0.15) is 0 Å². The van der Waals surface area contributed by atoms with Crippen molar-refractivity contribution in [3.8, 4) is 5.75 Å². The second-order valence-corrected chi connectivity index (χ2v) is 9.51. The number of nitrogens with zero attached hydrogens (tertiary/aromatic N) is 4. The van der Waals surface area contributed by atoms with Crippen LogP contribution in [0.25, 0.3) is 10.2 Å². The van der Waals surface area contributed by atoms with E-state index in [1.807, 2.05) is 78.4 Å². The number of hydrogen-bond donors (Lipinski definition) is 0. The van der Waals surface area contributed by atoms with Gasteiger partial charge in [-0.05, 0) is 55.2 Å². The van der Waals surface area contributed by atoms with Crippen LogP contribution in [0.1, 0.15) is 34.8 Å². The largest absolute Gasteiger partial charge is 0.492 e. The van der Waals surface area contributed by atoms with E-state index in [2.05, 4.69) is 17.1 Å². The van der Waals surface area contributed by atoms with Crippen molar-refractivity contribution in [1.82, 2.24) is 14.5 Å². The first-order valence-electron chi connectivity index (χ1n) is 12.1. The van der Waals surface area contributed by atoms with Gasteiger partial charge in [0.25, 0.3) is 5.91 Å². The number of amides is 1. The SMILES string of the molecule is CCOc1cccc2sc(N(CCCn3ccnc3)C(=O)c3ccc(Cc4ccccc4)cc3)nc12. The Morgan fingerprint density at radius 1 is 1.00 bits per heavy atom. The average molecular weight is 497 g/mol. The molecule has 36 heavy (non-hydrogen) atoms. The monoisotopic (exact) mass is 496 g/mol. The highest BCUT2D eigenvalue weighted by molar-refractivity contribution is 7.22. The van der Waals surface area contributed by atoms with Crippen LogP contribution in [0.3, 0.4) is 0 Å². The minimum Gasteiger partial charge on any atom is -0.492 e. The molecule has 2 aromatic heterocycles. The van der Waals surface area contributed by atoms with Gasteiger partial charge in [0.1, 0.15) is 11.3 Å². The second kappa shape index (κ2) is 11.2. The van der Waals surface area contributed by atoms with Crippen LogP contribution in [0.4, 0.5) is 5.13 Å². The molecule has 0 unspecified atom stereocenters. The first kappa shape index (κ1) is 23.8. The van der Waals surface area contributed by atoms with Gasteiger partial charge in [0, 0.05) is 31.0 Å². The predicted octanol–water partition coefficient (Wildman–Crippen LogP) is 6.22. The normalized spacial score (nSPS) is 11.0. The molecule has 3 aromatic carbocycles. The minimum atomic E-state index is -0.0519. The highest BCUT2D eigenvalue weighted by Crippen LogP contribution is 2.35. The Balaban J connectivity index is 1.40. The van der Waals surface area contributed by atoms with Gasteiger partial charge in [-0.15, -0.1) is 0 Å². The fourth-order valence-corrected chi connectivity index (χ4v) is 5.17. The molecule has 0 fully saturated rings. The number of thiazole rings is 1. The van der Waals surface area contributed by atoms with E-state index in [1.54, 1.807) is 17.4 Å². The lowest BCUT2D eigenvalue weighted by molar-refractivity contribution is 0.0986.